The van der Waals surface area contributed by atoms with Crippen LogP contribution in [0.2, 0.25) is 0 Å². The second-order valence-corrected chi connectivity index (χ2v) is 2.87. The van der Waals surface area contributed by atoms with Crippen molar-refractivity contribution in [1.82, 2.24) is 0 Å². The summed E-state index contributed by atoms with van der Waals surface area (Å²) in [6.07, 6.45) is -9.48. The molecule has 3 nitrogen and oxygen atoms in total. The Morgan fingerprint density at radius 1 is 0.933 bits per heavy atom. The van der Waals surface area contributed by atoms with Gasteiger partial charge in [0.15, 0.2) is 11.5 Å². The quantitative estimate of drug-likeness (QED) is 0.687. The molecule has 1 aromatic carbocycles. The zero-order valence-corrected chi connectivity index (χ0v) is 7.01. The Kier molecular flexibility index (Phi) is 1.76. The minimum Gasteiger partial charge on any atom is -0.508 e. The highest BCUT2D eigenvalue weighted by molar-refractivity contribution is 5.46. The van der Waals surface area contributed by atoms with Crippen LogP contribution >= 0.6 is 0 Å². The van der Waals surface area contributed by atoms with E-state index in [9.17, 15) is 17.6 Å². The van der Waals surface area contributed by atoms with Gasteiger partial charge in [0.25, 0.3) is 0 Å². The Morgan fingerprint density at radius 2 is 1.47 bits per heavy atom. The van der Waals surface area contributed by atoms with Crippen molar-refractivity contribution in [2.45, 2.75) is 12.2 Å². The molecule has 2 rings (SSSR count). The van der Waals surface area contributed by atoms with Crippen LogP contribution < -0.4 is 9.47 Å². The van der Waals surface area contributed by atoms with Gasteiger partial charge in [0.2, 0.25) is 0 Å². The average molecular weight is 224 g/mol. The van der Waals surface area contributed by atoms with Crippen molar-refractivity contribution in [1.29, 1.82) is 0 Å². The van der Waals surface area contributed by atoms with Gasteiger partial charge in [0, 0.05) is 6.07 Å². The number of halogens is 4. The summed E-state index contributed by atoms with van der Waals surface area (Å²) in [6, 6.07) is 2.69. The molecule has 0 amide bonds. The molecule has 1 aromatic rings. The number of hydrogen-bond donors (Lipinski definition) is 1. The van der Waals surface area contributed by atoms with Crippen LogP contribution in [0.5, 0.6) is 17.2 Å². The van der Waals surface area contributed by atoms with Crippen molar-refractivity contribution in [3.05, 3.63) is 18.2 Å². The highest BCUT2D eigenvalue weighted by Gasteiger charge is 2.65. The molecule has 0 aromatic heterocycles. The molecule has 1 heterocycles. The van der Waals surface area contributed by atoms with Gasteiger partial charge in [-0.05, 0) is 12.1 Å². The van der Waals surface area contributed by atoms with Gasteiger partial charge in [-0.3, -0.25) is 0 Å². The summed E-state index contributed by atoms with van der Waals surface area (Å²) in [7, 11) is 0. The third-order valence-electron chi connectivity index (χ3n) is 1.74. The smallest absolute Gasteiger partial charge is 0.507 e. The zero-order chi connectivity index (χ0) is 11.3. The Hall–Kier alpha value is -1.66. The van der Waals surface area contributed by atoms with Crippen LogP contribution in [0.4, 0.5) is 17.6 Å². The number of rotatable bonds is 0. The molecule has 7 heteroatoms. The lowest BCUT2D eigenvalue weighted by Gasteiger charge is -2.31. The molecule has 1 N–H and O–H groups in total. The van der Waals surface area contributed by atoms with Crippen LogP contribution in [0.3, 0.4) is 0 Å². The average Bonchev–Trinajstić information content (AvgIpc) is 2.07. The van der Waals surface area contributed by atoms with E-state index in [4.69, 9.17) is 5.11 Å². The minimum atomic E-state index is -4.76. The van der Waals surface area contributed by atoms with Crippen molar-refractivity contribution in [3.63, 3.8) is 0 Å². The summed E-state index contributed by atoms with van der Waals surface area (Å²) < 4.78 is 57.9. The molecule has 82 valence electrons. The fraction of sp³-hybridized carbons (Fsp3) is 0.250. The van der Waals surface area contributed by atoms with Gasteiger partial charge < -0.3 is 14.6 Å². The van der Waals surface area contributed by atoms with E-state index >= 15 is 0 Å². The SMILES string of the molecule is Oc1ccc2c(c1)OC(F)(F)C(F)(F)O2. The van der Waals surface area contributed by atoms with Crippen LogP contribution in [0.25, 0.3) is 0 Å². The molecule has 15 heavy (non-hydrogen) atoms. The Bertz CT molecular complexity index is 405. The second kappa shape index (κ2) is 2.68. The van der Waals surface area contributed by atoms with Crippen molar-refractivity contribution >= 4 is 0 Å². The first-order chi connectivity index (χ1) is 6.82. The lowest BCUT2D eigenvalue weighted by Crippen LogP contribution is -2.52. The van der Waals surface area contributed by atoms with Crippen molar-refractivity contribution in [2.75, 3.05) is 0 Å². The number of fused-ring (bicyclic) bond motifs is 1. The first-order valence-electron chi connectivity index (χ1n) is 3.78. The fourth-order valence-corrected chi connectivity index (χ4v) is 1.06. The topological polar surface area (TPSA) is 38.7 Å². The Morgan fingerprint density at radius 3 is 2.07 bits per heavy atom. The first-order valence-corrected chi connectivity index (χ1v) is 3.78. The highest BCUT2D eigenvalue weighted by Crippen LogP contribution is 2.47. The van der Waals surface area contributed by atoms with E-state index in [1.807, 2.05) is 0 Å². The minimum absolute atomic E-state index is 0.390. The summed E-state index contributed by atoms with van der Waals surface area (Å²) in [5, 5.41) is 8.92. The second-order valence-electron chi connectivity index (χ2n) is 2.87. The molecule has 0 saturated heterocycles. The molecular formula is C8H4F4O3. The predicted molar refractivity (Wildman–Crippen MR) is 39.3 cm³/mol. The van der Waals surface area contributed by atoms with E-state index in [2.05, 4.69) is 9.47 Å². The maximum Gasteiger partial charge on any atom is 0.507 e. The molecule has 0 fully saturated rings. The number of benzene rings is 1. The maximum atomic E-state index is 12.6. The normalized spacial score (nSPS) is 21.1. The summed E-state index contributed by atoms with van der Waals surface area (Å²) >= 11 is 0. The molecule has 0 aliphatic carbocycles. The van der Waals surface area contributed by atoms with Gasteiger partial charge >= 0.3 is 12.2 Å². The summed E-state index contributed by atoms with van der Waals surface area (Å²) in [4.78, 5) is 0. The number of phenols is 1. The van der Waals surface area contributed by atoms with E-state index in [-0.39, 0.29) is 0 Å². The van der Waals surface area contributed by atoms with Crippen LogP contribution in [-0.4, -0.2) is 17.3 Å². The zero-order valence-electron chi connectivity index (χ0n) is 7.01. The van der Waals surface area contributed by atoms with Crippen LogP contribution in [0, 0.1) is 0 Å². The van der Waals surface area contributed by atoms with Gasteiger partial charge in [-0.2, -0.15) is 17.6 Å². The monoisotopic (exact) mass is 224 g/mol. The number of alkyl halides is 4. The van der Waals surface area contributed by atoms with E-state index in [1.165, 1.54) is 0 Å². The number of phenolic OH excluding ortho intramolecular Hbond substituents is 1. The Labute approximate surface area is 80.8 Å². The van der Waals surface area contributed by atoms with E-state index in [1.54, 1.807) is 0 Å². The molecule has 0 saturated carbocycles. The molecule has 0 spiro atoms. The Balaban J connectivity index is 2.47. The predicted octanol–water partition coefficient (Wildman–Crippen LogP) is 2.35. The summed E-state index contributed by atoms with van der Waals surface area (Å²) in [5.41, 5.74) is 0. The van der Waals surface area contributed by atoms with E-state index in [0.29, 0.717) is 0 Å². The molecule has 0 unspecified atom stereocenters. The highest BCUT2D eigenvalue weighted by atomic mass is 19.3. The molecule has 1 aliphatic heterocycles. The van der Waals surface area contributed by atoms with E-state index in [0.717, 1.165) is 18.2 Å². The van der Waals surface area contributed by atoms with Crippen molar-refractivity contribution in [3.8, 4) is 17.2 Å². The van der Waals surface area contributed by atoms with Crippen molar-refractivity contribution in [2.24, 2.45) is 0 Å². The number of aromatic hydroxyl groups is 1. The molecule has 0 atom stereocenters. The van der Waals surface area contributed by atoms with Crippen LogP contribution in [0.15, 0.2) is 18.2 Å². The largest absolute Gasteiger partial charge is 0.508 e. The van der Waals surface area contributed by atoms with Gasteiger partial charge in [-0.1, -0.05) is 0 Å². The van der Waals surface area contributed by atoms with Gasteiger partial charge in [-0.25, -0.2) is 0 Å². The summed E-state index contributed by atoms with van der Waals surface area (Å²) in [5.74, 6) is -1.58. The van der Waals surface area contributed by atoms with Gasteiger partial charge in [-0.15, -0.1) is 0 Å². The van der Waals surface area contributed by atoms with Crippen LogP contribution in [-0.2, 0) is 0 Å². The van der Waals surface area contributed by atoms with Gasteiger partial charge in [0.05, 0.1) is 0 Å². The maximum absolute atomic E-state index is 12.6. The third-order valence-corrected chi connectivity index (χ3v) is 1.74. The lowest BCUT2D eigenvalue weighted by atomic mass is 10.3. The van der Waals surface area contributed by atoms with Crippen molar-refractivity contribution < 1.29 is 32.1 Å². The third kappa shape index (κ3) is 1.43. The molecule has 0 bridgehead atoms. The van der Waals surface area contributed by atoms with Crippen LogP contribution in [0.1, 0.15) is 0 Å². The fourth-order valence-electron chi connectivity index (χ4n) is 1.06. The first kappa shape index (κ1) is 9.88. The van der Waals surface area contributed by atoms with Gasteiger partial charge in [0.1, 0.15) is 5.75 Å². The number of ether oxygens (including phenoxy) is 2. The molecule has 0 radical (unpaired) electrons. The standard InChI is InChI=1S/C8H4F4O3/c9-7(10)8(11,12)15-6-3-4(13)1-2-5(6)14-7/h1-3,13H. The lowest BCUT2D eigenvalue weighted by molar-refractivity contribution is -0.391. The number of hydrogen-bond acceptors (Lipinski definition) is 3. The molecule has 1 aliphatic rings. The summed E-state index contributed by atoms with van der Waals surface area (Å²) in [6.45, 7) is 0. The molecular weight excluding hydrogens is 220 g/mol. The van der Waals surface area contributed by atoms with E-state index < -0.39 is 29.5 Å².